The summed E-state index contributed by atoms with van der Waals surface area (Å²) in [6.45, 7) is 7.75. The van der Waals surface area contributed by atoms with Gasteiger partial charge in [-0.25, -0.2) is 0 Å². The molecule has 1 aromatic carbocycles. The fourth-order valence-electron chi connectivity index (χ4n) is 4.48. The van der Waals surface area contributed by atoms with Gasteiger partial charge in [-0.05, 0) is 50.7 Å². The molecule has 1 aliphatic carbocycles. The lowest BCUT2D eigenvalue weighted by Crippen LogP contribution is -2.29. The maximum absolute atomic E-state index is 4.97. The normalized spacial score (nSPS) is 23.7. The van der Waals surface area contributed by atoms with Crippen LogP contribution in [0.2, 0.25) is 0 Å². The topological polar surface area (TPSA) is 41.7 Å². The van der Waals surface area contributed by atoms with E-state index < -0.39 is 0 Å². The van der Waals surface area contributed by atoms with Crippen molar-refractivity contribution in [2.75, 3.05) is 5.75 Å². The van der Waals surface area contributed by atoms with Gasteiger partial charge in [0.25, 0.3) is 0 Å². The third-order valence-corrected chi connectivity index (χ3v) is 7.22. The van der Waals surface area contributed by atoms with E-state index in [1.54, 1.807) is 11.8 Å². The number of nitrogens with zero attached hydrogens (tertiary/aromatic N) is 3. The SMILES string of the molecule is Cc1cc(C2=NNC(=N[C@H]3CCCC[C@@H]3C)SC2)c(C)n1CCc1ccccc1. The van der Waals surface area contributed by atoms with Crippen LogP contribution in [0.3, 0.4) is 0 Å². The van der Waals surface area contributed by atoms with Crippen molar-refractivity contribution in [3.8, 4) is 0 Å². The summed E-state index contributed by atoms with van der Waals surface area (Å²) in [6.07, 6.45) is 6.22. The van der Waals surface area contributed by atoms with Crippen molar-refractivity contribution in [2.24, 2.45) is 16.0 Å². The van der Waals surface area contributed by atoms with E-state index in [2.05, 4.69) is 67.2 Å². The zero-order valence-electron chi connectivity index (χ0n) is 17.8. The number of rotatable bonds is 5. The minimum atomic E-state index is 0.457. The lowest BCUT2D eigenvalue weighted by molar-refractivity contribution is 0.333. The molecule has 2 aliphatic rings. The van der Waals surface area contributed by atoms with Gasteiger partial charge in [-0.15, -0.1) is 0 Å². The highest BCUT2D eigenvalue weighted by Crippen LogP contribution is 2.28. The van der Waals surface area contributed by atoms with Crippen LogP contribution >= 0.6 is 11.8 Å². The number of hydrazone groups is 1. The number of benzene rings is 1. The second kappa shape index (κ2) is 9.21. The Labute approximate surface area is 178 Å². The fraction of sp³-hybridized carbons (Fsp3) is 0.500. The molecule has 0 bridgehead atoms. The molecular formula is C24H32N4S. The molecule has 5 heteroatoms. The van der Waals surface area contributed by atoms with Crippen molar-refractivity contribution in [1.29, 1.82) is 0 Å². The van der Waals surface area contributed by atoms with E-state index >= 15 is 0 Å². The van der Waals surface area contributed by atoms with Gasteiger partial charge >= 0.3 is 0 Å². The summed E-state index contributed by atoms with van der Waals surface area (Å²) < 4.78 is 2.42. The number of thioether (sulfide) groups is 1. The van der Waals surface area contributed by atoms with Gasteiger partial charge in [0.15, 0.2) is 5.17 Å². The summed E-state index contributed by atoms with van der Waals surface area (Å²) >= 11 is 1.79. The number of hydrogen-bond acceptors (Lipinski definition) is 3. The summed E-state index contributed by atoms with van der Waals surface area (Å²) in [7, 11) is 0. The zero-order valence-corrected chi connectivity index (χ0v) is 18.6. The van der Waals surface area contributed by atoms with Gasteiger partial charge in [0, 0.05) is 29.2 Å². The molecule has 1 aromatic heterocycles. The second-order valence-electron chi connectivity index (χ2n) is 8.39. The molecular weight excluding hydrogens is 376 g/mol. The van der Waals surface area contributed by atoms with E-state index in [4.69, 9.17) is 10.1 Å². The molecule has 29 heavy (non-hydrogen) atoms. The van der Waals surface area contributed by atoms with E-state index in [1.807, 2.05) is 0 Å². The van der Waals surface area contributed by atoms with Crippen LogP contribution in [-0.2, 0) is 13.0 Å². The highest BCUT2D eigenvalue weighted by atomic mass is 32.2. The Kier molecular flexibility index (Phi) is 6.43. The van der Waals surface area contributed by atoms with Crippen molar-refractivity contribution >= 4 is 22.6 Å². The molecule has 2 atom stereocenters. The average Bonchev–Trinajstić information content (AvgIpc) is 3.03. The van der Waals surface area contributed by atoms with Gasteiger partial charge in [0.1, 0.15) is 0 Å². The Balaban J connectivity index is 1.44. The summed E-state index contributed by atoms with van der Waals surface area (Å²) in [5.41, 5.74) is 9.62. The number of aryl methyl sites for hydroxylation is 2. The van der Waals surface area contributed by atoms with Gasteiger partial charge in [0.2, 0.25) is 0 Å². The van der Waals surface area contributed by atoms with Gasteiger partial charge < -0.3 is 4.57 Å². The molecule has 1 saturated carbocycles. The fourth-order valence-corrected chi connectivity index (χ4v) is 5.30. The highest BCUT2D eigenvalue weighted by Gasteiger charge is 2.23. The summed E-state index contributed by atoms with van der Waals surface area (Å²) in [4.78, 5) is 4.97. The molecule has 0 saturated heterocycles. The standard InChI is InChI=1S/C24H32N4S/c1-17-9-7-8-12-22(17)25-24-27-26-23(16-29-24)21-15-18(2)28(19(21)3)14-13-20-10-5-4-6-11-20/h4-6,10-11,15,17,22H,7-9,12-14,16H2,1-3H3,(H,25,27)/t17-,22-/m0/s1. The lowest BCUT2D eigenvalue weighted by Gasteiger charge is -2.26. The maximum Gasteiger partial charge on any atom is 0.177 e. The van der Waals surface area contributed by atoms with Crippen molar-refractivity contribution in [3.63, 3.8) is 0 Å². The smallest absolute Gasteiger partial charge is 0.177 e. The van der Waals surface area contributed by atoms with E-state index in [1.165, 1.54) is 48.2 Å². The molecule has 0 amide bonds. The minimum absolute atomic E-state index is 0.457. The predicted octanol–water partition coefficient (Wildman–Crippen LogP) is 5.32. The number of aliphatic imine (C=N–C) groups is 1. The second-order valence-corrected chi connectivity index (χ2v) is 9.36. The van der Waals surface area contributed by atoms with Crippen LogP contribution in [0.25, 0.3) is 0 Å². The van der Waals surface area contributed by atoms with Gasteiger partial charge in [-0.1, -0.05) is 61.9 Å². The minimum Gasteiger partial charge on any atom is -0.348 e. The van der Waals surface area contributed by atoms with Crippen LogP contribution in [0.1, 0.15) is 55.1 Å². The van der Waals surface area contributed by atoms with Crippen LogP contribution < -0.4 is 5.43 Å². The Bertz CT molecular complexity index is 897. The van der Waals surface area contributed by atoms with Crippen LogP contribution in [-0.4, -0.2) is 27.2 Å². The monoisotopic (exact) mass is 408 g/mol. The molecule has 2 aromatic rings. The molecule has 2 heterocycles. The Hall–Kier alpha value is -2.01. The van der Waals surface area contributed by atoms with Crippen molar-refractivity contribution < 1.29 is 0 Å². The van der Waals surface area contributed by atoms with E-state index in [-0.39, 0.29) is 0 Å². The quantitative estimate of drug-likeness (QED) is 0.727. The molecule has 4 nitrogen and oxygen atoms in total. The van der Waals surface area contributed by atoms with E-state index in [9.17, 15) is 0 Å². The van der Waals surface area contributed by atoms with Crippen LogP contribution in [0.4, 0.5) is 0 Å². The van der Waals surface area contributed by atoms with E-state index in [0.717, 1.165) is 29.6 Å². The van der Waals surface area contributed by atoms with Gasteiger partial charge in [-0.2, -0.15) is 5.10 Å². The predicted molar refractivity (Wildman–Crippen MR) is 125 cm³/mol. The highest BCUT2D eigenvalue weighted by molar-refractivity contribution is 8.14. The summed E-state index contributed by atoms with van der Waals surface area (Å²) in [6, 6.07) is 13.5. The molecule has 4 rings (SSSR count). The molecule has 0 radical (unpaired) electrons. The molecule has 1 fully saturated rings. The number of hydrogen-bond donors (Lipinski definition) is 1. The summed E-state index contributed by atoms with van der Waals surface area (Å²) in [5.74, 6) is 1.57. The van der Waals surface area contributed by atoms with Gasteiger partial charge in [-0.3, -0.25) is 10.4 Å². The zero-order chi connectivity index (χ0) is 20.2. The van der Waals surface area contributed by atoms with E-state index in [0.29, 0.717) is 12.0 Å². The Morgan fingerprint density at radius 3 is 2.69 bits per heavy atom. The Morgan fingerprint density at radius 1 is 1.17 bits per heavy atom. The average molecular weight is 409 g/mol. The molecule has 1 N–H and O–H groups in total. The first kappa shape index (κ1) is 20.3. The number of nitrogens with one attached hydrogen (secondary N) is 1. The number of aromatic nitrogens is 1. The first-order valence-electron chi connectivity index (χ1n) is 10.9. The molecule has 0 unspecified atom stereocenters. The number of amidine groups is 1. The first-order valence-corrected chi connectivity index (χ1v) is 11.8. The summed E-state index contributed by atoms with van der Waals surface area (Å²) in [5, 5.41) is 5.70. The van der Waals surface area contributed by atoms with Crippen molar-refractivity contribution in [2.45, 2.75) is 65.5 Å². The van der Waals surface area contributed by atoms with Crippen LogP contribution in [0.5, 0.6) is 0 Å². The molecule has 1 aliphatic heterocycles. The van der Waals surface area contributed by atoms with Crippen LogP contribution in [0, 0.1) is 19.8 Å². The first-order chi connectivity index (χ1) is 14.1. The molecule has 0 spiro atoms. The van der Waals surface area contributed by atoms with Crippen molar-refractivity contribution in [3.05, 3.63) is 58.9 Å². The maximum atomic E-state index is 4.97. The van der Waals surface area contributed by atoms with Gasteiger partial charge in [0.05, 0.1) is 11.8 Å². The third kappa shape index (κ3) is 4.77. The Morgan fingerprint density at radius 2 is 1.97 bits per heavy atom. The largest absolute Gasteiger partial charge is 0.348 e. The van der Waals surface area contributed by atoms with Crippen LogP contribution in [0.15, 0.2) is 46.5 Å². The third-order valence-electron chi connectivity index (χ3n) is 6.33. The van der Waals surface area contributed by atoms with Crippen molar-refractivity contribution in [1.82, 2.24) is 9.99 Å². The molecule has 154 valence electrons. The lowest BCUT2D eigenvalue weighted by atomic mass is 9.86.